The SMILES string of the molecule is CC(C)Cc1ccc(C(=O)N2C[C@@H]3CNC[C@@H]3[C@H]2c2cccc(F)c2)cc1. The van der Waals surface area contributed by atoms with Gasteiger partial charge in [-0.1, -0.05) is 38.1 Å². The lowest BCUT2D eigenvalue weighted by atomic mass is 9.89. The molecule has 2 heterocycles. The van der Waals surface area contributed by atoms with Crippen LogP contribution < -0.4 is 5.32 Å². The Balaban J connectivity index is 1.61. The number of fused-ring (bicyclic) bond motifs is 1. The van der Waals surface area contributed by atoms with Gasteiger partial charge < -0.3 is 10.2 Å². The van der Waals surface area contributed by atoms with E-state index in [0.29, 0.717) is 17.8 Å². The molecule has 1 N–H and O–H groups in total. The van der Waals surface area contributed by atoms with Gasteiger partial charge in [-0.2, -0.15) is 0 Å². The lowest BCUT2D eigenvalue weighted by Gasteiger charge is -2.28. The first-order valence-corrected chi connectivity index (χ1v) is 9.89. The number of rotatable bonds is 4. The molecule has 2 saturated heterocycles. The van der Waals surface area contributed by atoms with Crippen LogP contribution in [0.25, 0.3) is 0 Å². The molecule has 2 aromatic carbocycles. The van der Waals surface area contributed by atoms with E-state index in [1.165, 1.54) is 11.6 Å². The quantitative estimate of drug-likeness (QED) is 0.885. The van der Waals surface area contributed by atoms with Crippen molar-refractivity contribution in [1.29, 1.82) is 0 Å². The third-order valence-corrected chi connectivity index (χ3v) is 5.86. The fourth-order valence-electron chi connectivity index (χ4n) is 4.67. The van der Waals surface area contributed by atoms with E-state index in [4.69, 9.17) is 0 Å². The van der Waals surface area contributed by atoms with Gasteiger partial charge in [0.25, 0.3) is 5.91 Å². The maximum absolute atomic E-state index is 13.8. The number of hydrogen-bond acceptors (Lipinski definition) is 2. The molecule has 1 amide bonds. The van der Waals surface area contributed by atoms with Crippen LogP contribution in [0.3, 0.4) is 0 Å². The summed E-state index contributed by atoms with van der Waals surface area (Å²) in [5.41, 5.74) is 2.87. The first kappa shape index (κ1) is 18.2. The molecule has 0 saturated carbocycles. The number of nitrogens with one attached hydrogen (secondary N) is 1. The van der Waals surface area contributed by atoms with Gasteiger partial charge >= 0.3 is 0 Å². The van der Waals surface area contributed by atoms with Gasteiger partial charge in [-0.15, -0.1) is 0 Å². The predicted molar refractivity (Wildman–Crippen MR) is 105 cm³/mol. The van der Waals surface area contributed by atoms with Crippen LogP contribution in [0.1, 0.15) is 41.4 Å². The highest BCUT2D eigenvalue weighted by Crippen LogP contribution is 2.43. The summed E-state index contributed by atoms with van der Waals surface area (Å²) in [7, 11) is 0. The van der Waals surface area contributed by atoms with Crippen molar-refractivity contribution >= 4 is 5.91 Å². The summed E-state index contributed by atoms with van der Waals surface area (Å²) in [4.78, 5) is 15.3. The molecule has 2 aliphatic heterocycles. The topological polar surface area (TPSA) is 32.3 Å². The molecule has 2 aromatic rings. The van der Waals surface area contributed by atoms with E-state index < -0.39 is 0 Å². The Morgan fingerprint density at radius 1 is 1.19 bits per heavy atom. The number of amides is 1. The van der Waals surface area contributed by atoms with Crippen LogP contribution in [-0.4, -0.2) is 30.4 Å². The molecule has 27 heavy (non-hydrogen) atoms. The normalized spacial score (nSPS) is 24.4. The molecule has 142 valence electrons. The first-order valence-electron chi connectivity index (χ1n) is 9.89. The summed E-state index contributed by atoms with van der Waals surface area (Å²) in [6.07, 6.45) is 1.01. The van der Waals surface area contributed by atoms with Crippen molar-refractivity contribution in [2.45, 2.75) is 26.3 Å². The fourth-order valence-corrected chi connectivity index (χ4v) is 4.67. The number of nitrogens with zero attached hydrogens (tertiary/aromatic N) is 1. The molecule has 0 radical (unpaired) electrons. The maximum atomic E-state index is 13.8. The lowest BCUT2D eigenvalue weighted by molar-refractivity contribution is 0.0713. The monoisotopic (exact) mass is 366 g/mol. The minimum absolute atomic E-state index is 0.0507. The number of likely N-dealkylation sites (tertiary alicyclic amines) is 1. The van der Waals surface area contributed by atoms with Gasteiger partial charge in [-0.25, -0.2) is 4.39 Å². The van der Waals surface area contributed by atoms with E-state index in [1.807, 2.05) is 23.1 Å². The Hall–Kier alpha value is -2.20. The molecule has 0 aromatic heterocycles. The molecular formula is C23H27FN2O. The summed E-state index contributed by atoms with van der Waals surface area (Å²) in [6.45, 7) is 6.92. The lowest BCUT2D eigenvalue weighted by Crippen LogP contribution is -2.34. The highest BCUT2D eigenvalue weighted by molar-refractivity contribution is 5.94. The van der Waals surface area contributed by atoms with E-state index in [-0.39, 0.29) is 17.8 Å². The molecule has 0 bridgehead atoms. The second-order valence-electron chi connectivity index (χ2n) is 8.33. The van der Waals surface area contributed by atoms with Crippen molar-refractivity contribution in [3.63, 3.8) is 0 Å². The van der Waals surface area contributed by atoms with Crippen LogP contribution in [0, 0.1) is 23.6 Å². The second-order valence-corrected chi connectivity index (χ2v) is 8.33. The van der Waals surface area contributed by atoms with Crippen LogP contribution in [0.5, 0.6) is 0 Å². The van der Waals surface area contributed by atoms with Crippen LogP contribution in [0.2, 0.25) is 0 Å². The number of hydrogen-bond donors (Lipinski definition) is 1. The van der Waals surface area contributed by atoms with Gasteiger partial charge in [0.15, 0.2) is 0 Å². The molecule has 0 aliphatic carbocycles. The smallest absolute Gasteiger partial charge is 0.254 e. The molecule has 0 spiro atoms. The maximum Gasteiger partial charge on any atom is 0.254 e. The van der Waals surface area contributed by atoms with Crippen LogP contribution in [0.4, 0.5) is 4.39 Å². The third-order valence-electron chi connectivity index (χ3n) is 5.86. The molecule has 4 heteroatoms. The molecule has 4 rings (SSSR count). The van der Waals surface area contributed by atoms with Gasteiger partial charge in [-0.05, 0) is 53.6 Å². The molecule has 2 fully saturated rings. The Morgan fingerprint density at radius 3 is 2.67 bits per heavy atom. The first-order chi connectivity index (χ1) is 13.0. The zero-order valence-electron chi connectivity index (χ0n) is 16.0. The van der Waals surface area contributed by atoms with Gasteiger partial charge in [0.1, 0.15) is 5.82 Å². The van der Waals surface area contributed by atoms with Gasteiger partial charge in [0, 0.05) is 31.1 Å². The summed E-state index contributed by atoms with van der Waals surface area (Å²) in [5.74, 6) is 1.18. The van der Waals surface area contributed by atoms with E-state index in [9.17, 15) is 9.18 Å². The molecule has 2 aliphatic rings. The van der Waals surface area contributed by atoms with Crippen LogP contribution >= 0.6 is 0 Å². The largest absolute Gasteiger partial charge is 0.331 e. The summed E-state index contributed by atoms with van der Waals surface area (Å²) in [6, 6.07) is 14.7. The molecular weight excluding hydrogens is 339 g/mol. The van der Waals surface area contributed by atoms with Crippen LogP contribution in [-0.2, 0) is 6.42 Å². The summed E-state index contributed by atoms with van der Waals surface area (Å²) < 4.78 is 13.8. The van der Waals surface area contributed by atoms with E-state index >= 15 is 0 Å². The van der Waals surface area contributed by atoms with Crippen molar-refractivity contribution in [2.24, 2.45) is 17.8 Å². The minimum Gasteiger partial charge on any atom is -0.331 e. The zero-order valence-corrected chi connectivity index (χ0v) is 16.0. The fraction of sp³-hybridized carbons (Fsp3) is 0.435. The molecule has 3 nitrogen and oxygen atoms in total. The van der Waals surface area contributed by atoms with E-state index in [1.54, 1.807) is 12.1 Å². The Bertz CT molecular complexity index is 817. The van der Waals surface area contributed by atoms with Crippen LogP contribution in [0.15, 0.2) is 48.5 Å². The molecule has 0 unspecified atom stereocenters. The average Bonchev–Trinajstić information content (AvgIpc) is 3.22. The predicted octanol–water partition coefficient (Wildman–Crippen LogP) is 4.06. The van der Waals surface area contributed by atoms with Gasteiger partial charge in [0.05, 0.1) is 6.04 Å². The molecule has 3 atom stereocenters. The highest BCUT2D eigenvalue weighted by atomic mass is 19.1. The average molecular weight is 366 g/mol. The Morgan fingerprint density at radius 2 is 1.96 bits per heavy atom. The van der Waals surface area contributed by atoms with Gasteiger partial charge in [-0.3, -0.25) is 4.79 Å². The van der Waals surface area contributed by atoms with E-state index in [2.05, 4.69) is 31.3 Å². The number of halogens is 1. The van der Waals surface area contributed by atoms with Crippen molar-refractivity contribution in [2.75, 3.05) is 19.6 Å². The summed E-state index contributed by atoms with van der Waals surface area (Å²) in [5, 5.41) is 3.43. The third kappa shape index (κ3) is 3.63. The van der Waals surface area contributed by atoms with E-state index in [0.717, 1.165) is 37.2 Å². The van der Waals surface area contributed by atoms with Gasteiger partial charge in [0.2, 0.25) is 0 Å². The number of carbonyl (C=O) groups excluding carboxylic acids is 1. The summed E-state index contributed by atoms with van der Waals surface area (Å²) >= 11 is 0. The zero-order chi connectivity index (χ0) is 19.0. The van der Waals surface area contributed by atoms with Crippen molar-refractivity contribution in [3.05, 3.63) is 71.0 Å². The number of carbonyl (C=O) groups is 1. The highest BCUT2D eigenvalue weighted by Gasteiger charge is 2.46. The minimum atomic E-state index is -0.243. The second kappa shape index (κ2) is 7.43. The van der Waals surface area contributed by atoms with Crippen molar-refractivity contribution in [1.82, 2.24) is 10.2 Å². The Labute approximate surface area is 160 Å². The standard InChI is InChI=1S/C23H27FN2O/c1-15(2)10-16-6-8-17(9-7-16)23(27)26-14-19-12-25-13-21(19)22(26)18-4-3-5-20(24)11-18/h3-9,11,15,19,21-22,25H,10,12-14H2,1-2H3/t19-,21-,22+/m0/s1. The van der Waals surface area contributed by atoms with Crippen molar-refractivity contribution in [3.8, 4) is 0 Å². The number of benzene rings is 2. The Kier molecular flexibility index (Phi) is 5.00. The van der Waals surface area contributed by atoms with Crippen molar-refractivity contribution < 1.29 is 9.18 Å².